The number of nitrogens with zero attached hydrogens (tertiary/aromatic N) is 2. The minimum atomic E-state index is 0.641. The molecule has 0 spiro atoms. The van der Waals surface area contributed by atoms with Crippen molar-refractivity contribution < 1.29 is 4.74 Å². The second-order valence-electron chi connectivity index (χ2n) is 4.56. The summed E-state index contributed by atoms with van der Waals surface area (Å²) in [7, 11) is 3.58. The van der Waals surface area contributed by atoms with Gasteiger partial charge in [-0.15, -0.1) is 0 Å². The van der Waals surface area contributed by atoms with E-state index >= 15 is 0 Å². The van der Waals surface area contributed by atoms with Crippen LogP contribution in [0.25, 0.3) is 0 Å². The molecule has 20 heavy (non-hydrogen) atoms. The van der Waals surface area contributed by atoms with Gasteiger partial charge in [-0.2, -0.15) is 5.26 Å². The highest BCUT2D eigenvalue weighted by molar-refractivity contribution is 5.59. The molecule has 2 aromatic rings. The summed E-state index contributed by atoms with van der Waals surface area (Å²) in [4.78, 5) is 2.02. The number of rotatable bonds is 4. The Morgan fingerprint density at radius 1 is 1.25 bits per heavy atom. The van der Waals surface area contributed by atoms with Gasteiger partial charge in [0.15, 0.2) is 0 Å². The summed E-state index contributed by atoms with van der Waals surface area (Å²) in [6.07, 6.45) is 0. The van der Waals surface area contributed by atoms with Crippen LogP contribution in [-0.4, -0.2) is 14.2 Å². The number of ether oxygens (including phenoxy) is 1. The van der Waals surface area contributed by atoms with Crippen LogP contribution in [-0.2, 0) is 6.54 Å². The fourth-order valence-electron chi connectivity index (χ4n) is 2.13. The monoisotopic (exact) mass is 267 g/mol. The quantitative estimate of drug-likeness (QED) is 0.865. The average molecular weight is 267 g/mol. The van der Waals surface area contributed by atoms with Crippen LogP contribution in [0, 0.1) is 11.3 Å². The molecule has 0 saturated heterocycles. The molecule has 2 rings (SSSR count). The number of benzene rings is 2. The summed E-state index contributed by atoms with van der Waals surface area (Å²) in [6, 6.07) is 15.3. The number of hydrogen-bond acceptors (Lipinski definition) is 4. The lowest BCUT2D eigenvalue weighted by atomic mass is 10.1. The number of nitrogens with two attached hydrogens (primary N) is 1. The zero-order valence-corrected chi connectivity index (χ0v) is 11.6. The lowest BCUT2D eigenvalue weighted by Crippen LogP contribution is -2.18. The van der Waals surface area contributed by atoms with Gasteiger partial charge >= 0.3 is 0 Å². The molecule has 2 N–H and O–H groups in total. The molecule has 0 fully saturated rings. The van der Waals surface area contributed by atoms with Crippen molar-refractivity contribution in [3.8, 4) is 11.8 Å². The first kappa shape index (κ1) is 13.8. The third-order valence-corrected chi connectivity index (χ3v) is 3.15. The van der Waals surface area contributed by atoms with Gasteiger partial charge in [0.25, 0.3) is 0 Å². The van der Waals surface area contributed by atoms with Crippen molar-refractivity contribution in [2.24, 2.45) is 0 Å². The predicted molar refractivity (Wildman–Crippen MR) is 80.7 cm³/mol. The Bertz CT molecular complexity index is 646. The predicted octanol–water partition coefficient (Wildman–Crippen LogP) is 2.79. The van der Waals surface area contributed by atoms with Crippen molar-refractivity contribution in [3.63, 3.8) is 0 Å². The zero-order chi connectivity index (χ0) is 14.5. The van der Waals surface area contributed by atoms with E-state index in [-0.39, 0.29) is 0 Å². The summed E-state index contributed by atoms with van der Waals surface area (Å²) in [5.41, 5.74) is 9.00. The van der Waals surface area contributed by atoms with Crippen molar-refractivity contribution in [1.29, 1.82) is 5.26 Å². The van der Waals surface area contributed by atoms with Crippen LogP contribution in [0.3, 0.4) is 0 Å². The van der Waals surface area contributed by atoms with Crippen LogP contribution in [0.15, 0.2) is 42.5 Å². The van der Waals surface area contributed by atoms with Gasteiger partial charge in [0.1, 0.15) is 11.8 Å². The molecule has 4 heteroatoms. The molecule has 0 bridgehead atoms. The summed E-state index contributed by atoms with van der Waals surface area (Å²) >= 11 is 0. The molecular weight excluding hydrogens is 250 g/mol. The molecule has 0 aliphatic heterocycles. The number of hydrogen-bond donors (Lipinski definition) is 1. The van der Waals surface area contributed by atoms with E-state index in [1.807, 2.05) is 48.3 Å². The van der Waals surface area contributed by atoms with E-state index in [1.54, 1.807) is 13.2 Å². The van der Waals surface area contributed by atoms with Crippen molar-refractivity contribution in [2.45, 2.75) is 6.54 Å². The number of para-hydroxylation sites is 1. The largest absolute Gasteiger partial charge is 0.496 e. The third-order valence-electron chi connectivity index (χ3n) is 3.15. The Kier molecular flexibility index (Phi) is 4.11. The first-order valence-corrected chi connectivity index (χ1v) is 6.28. The third kappa shape index (κ3) is 2.83. The highest BCUT2D eigenvalue weighted by Gasteiger charge is 2.10. The van der Waals surface area contributed by atoms with Crippen molar-refractivity contribution in [2.75, 3.05) is 24.8 Å². The van der Waals surface area contributed by atoms with E-state index in [0.29, 0.717) is 17.8 Å². The summed E-state index contributed by atoms with van der Waals surface area (Å²) in [6.45, 7) is 0.641. The number of nitriles is 1. The highest BCUT2D eigenvalue weighted by atomic mass is 16.5. The first-order chi connectivity index (χ1) is 9.65. The Labute approximate surface area is 119 Å². The zero-order valence-electron chi connectivity index (χ0n) is 11.6. The fraction of sp³-hybridized carbons (Fsp3) is 0.188. The molecule has 4 nitrogen and oxygen atoms in total. The molecule has 102 valence electrons. The van der Waals surface area contributed by atoms with Crippen LogP contribution in [0.2, 0.25) is 0 Å². The van der Waals surface area contributed by atoms with Gasteiger partial charge in [-0.05, 0) is 18.2 Å². The fourth-order valence-corrected chi connectivity index (χ4v) is 2.13. The summed E-state index contributed by atoms with van der Waals surface area (Å²) < 4.78 is 5.35. The molecule has 0 aliphatic carbocycles. The molecule has 0 saturated carbocycles. The Hall–Kier alpha value is -2.67. The van der Waals surface area contributed by atoms with Crippen molar-refractivity contribution in [3.05, 3.63) is 53.6 Å². The van der Waals surface area contributed by atoms with E-state index in [9.17, 15) is 0 Å². The molecule has 2 aromatic carbocycles. The van der Waals surface area contributed by atoms with Gasteiger partial charge in [-0.3, -0.25) is 0 Å². The van der Waals surface area contributed by atoms with Crippen LogP contribution in [0.1, 0.15) is 11.1 Å². The van der Waals surface area contributed by atoms with Gasteiger partial charge in [0.2, 0.25) is 0 Å². The van der Waals surface area contributed by atoms with Gasteiger partial charge in [0.05, 0.1) is 18.4 Å². The second kappa shape index (κ2) is 5.98. The lowest BCUT2D eigenvalue weighted by Gasteiger charge is -2.21. The maximum Gasteiger partial charge on any atom is 0.125 e. The van der Waals surface area contributed by atoms with Crippen molar-refractivity contribution >= 4 is 11.4 Å². The molecule has 0 amide bonds. The Morgan fingerprint density at radius 2 is 2.00 bits per heavy atom. The number of anilines is 2. The van der Waals surface area contributed by atoms with Gasteiger partial charge in [0, 0.05) is 30.9 Å². The molecule has 0 radical (unpaired) electrons. The molecule has 0 heterocycles. The van der Waals surface area contributed by atoms with E-state index in [1.165, 1.54) is 0 Å². The second-order valence-corrected chi connectivity index (χ2v) is 4.56. The van der Waals surface area contributed by atoms with E-state index in [2.05, 4.69) is 6.07 Å². The van der Waals surface area contributed by atoms with Crippen LogP contribution in [0.5, 0.6) is 5.75 Å². The number of nitrogen functional groups attached to an aromatic ring is 1. The topological polar surface area (TPSA) is 62.3 Å². The molecule has 0 atom stereocenters. The van der Waals surface area contributed by atoms with Gasteiger partial charge < -0.3 is 15.4 Å². The SMILES string of the molecule is COc1cc(N)ccc1CN(C)c1ccccc1C#N. The van der Waals surface area contributed by atoms with E-state index in [0.717, 1.165) is 17.0 Å². The maximum absolute atomic E-state index is 9.15. The smallest absolute Gasteiger partial charge is 0.125 e. The minimum absolute atomic E-state index is 0.641. The molecule has 0 unspecified atom stereocenters. The van der Waals surface area contributed by atoms with E-state index < -0.39 is 0 Å². The Balaban J connectivity index is 2.28. The molecule has 0 aromatic heterocycles. The van der Waals surface area contributed by atoms with Crippen LogP contribution >= 0.6 is 0 Å². The number of methoxy groups -OCH3 is 1. The standard InChI is InChI=1S/C16H17N3O/c1-19(15-6-4-3-5-12(15)10-17)11-13-7-8-14(18)9-16(13)20-2/h3-9H,11,18H2,1-2H3. The summed E-state index contributed by atoms with van der Waals surface area (Å²) in [5.74, 6) is 0.756. The van der Waals surface area contributed by atoms with E-state index in [4.69, 9.17) is 15.7 Å². The van der Waals surface area contributed by atoms with Gasteiger partial charge in [-0.25, -0.2) is 0 Å². The average Bonchev–Trinajstić information content (AvgIpc) is 2.48. The minimum Gasteiger partial charge on any atom is -0.496 e. The first-order valence-electron chi connectivity index (χ1n) is 6.28. The molecular formula is C16H17N3O. The van der Waals surface area contributed by atoms with Crippen LogP contribution < -0.4 is 15.4 Å². The van der Waals surface area contributed by atoms with Crippen LogP contribution in [0.4, 0.5) is 11.4 Å². The molecule has 0 aliphatic rings. The lowest BCUT2D eigenvalue weighted by molar-refractivity contribution is 0.410. The summed E-state index contributed by atoms with van der Waals surface area (Å²) in [5, 5.41) is 9.15. The Morgan fingerprint density at radius 3 is 2.70 bits per heavy atom. The maximum atomic E-state index is 9.15. The van der Waals surface area contributed by atoms with Gasteiger partial charge in [-0.1, -0.05) is 18.2 Å². The highest BCUT2D eigenvalue weighted by Crippen LogP contribution is 2.26. The normalized spacial score (nSPS) is 9.85. The van der Waals surface area contributed by atoms with Crippen molar-refractivity contribution in [1.82, 2.24) is 0 Å².